The van der Waals surface area contributed by atoms with Gasteiger partial charge in [-0.15, -0.1) is 5.10 Å². The summed E-state index contributed by atoms with van der Waals surface area (Å²) in [6.07, 6.45) is 3.81. The van der Waals surface area contributed by atoms with Gasteiger partial charge in [0.25, 0.3) is 5.95 Å². The van der Waals surface area contributed by atoms with Gasteiger partial charge in [-0.05, 0) is 12.5 Å². The van der Waals surface area contributed by atoms with Crippen molar-refractivity contribution in [3.63, 3.8) is 0 Å². The Labute approximate surface area is 81.1 Å². The Kier molecular flexibility index (Phi) is 1.88. The fourth-order valence-electron chi connectivity index (χ4n) is 1.32. The van der Waals surface area contributed by atoms with E-state index >= 15 is 0 Å². The van der Waals surface area contributed by atoms with Gasteiger partial charge in [0.2, 0.25) is 5.95 Å². The Morgan fingerprint density at radius 3 is 2.71 bits per heavy atom. The van der Waals surface area contributed by atoms with Gasteiger partial charge in [0.1, 0.15) is 0 Å². The van der Waals surface area contributed by atoms with Crippen molar-refractivity contribution in [3.8, 4) is 0 Å². The minimum atomic E-state index is 0.319. The molecule has 0 unspecified atom stereocenters. The van der Waals surface area contributed by atoms with E-state index in [1.807, 2.05) is 31.3 Å². The summed E-state index contributed by atoms with van der Waals surface area (Å²) in [6.45, 7) is 2.01. The van der Waals surface area contributed by atoms with Gasteiger partial charge in [0.15, 0.2) is 0 Å². The van der Waals surface area contributed by atoms with E-state index in [9.17, 15) is 0 Å². The summed E-state index contributed by atoms with van der Waals surface area (Å²) >= 11 is 0. The normalized spacial score (nSPS) is 10.4. The Morgan fingerprint density at radius 2 is 2.21 bits per heavy atom. The average Bonchev–Trinajstić information content (AvgIpc) is 2.73. The van der Waals surface area contributed by atoms with Crippen LogP contribution in [0.5, 0.6) is 0 Å². The average molecular weight is 192 g/mol. The largest absolute Gasteiger partial charge is 0.368 e. The second kappa shape index (κ2) is 3.06. The highest BCUT2D eigenvalue weighted by Gasteiger charge is 2.11. The predicted octanol–water partition coefficient (Wildman–Crippen LogP) is 0.791. The molecule has 0 amide bonds. The molecule has 0 aliphatic carbocycles. The zero-order chi connectivity index (χ0) is 10.1. The molecule has 14 heavy (non-hydrogen) atoms. The molecule has 0 saturated carbocycles. The molecule has 74 valence electrons. The van der Waals surface area contributed by atoms with Crippen molar-refractivity contribution in [2.45, 2.75) is 6.92 Å². The summed E-state index contributed by atoms with van der Waals surface area (Å²) in [5.41, 5.74) is 7.61. The molecule has 0 radical (unpaired) electrons. The highest BCUT2D eigenvalue weighted by molar-refractivity contribution is 5.59. The topological polar surface area (TPSA) is 86.6 Å². The zero-order valence-corrected chi connectivity index (χ0v) is 8.07. The number of hydrogen-bond acceptors (Lipinski definition) is 4. The number of aromatic amines is 2. The summed E-state index contributed by atoms with van der Waals surface area (Å²) in [5.74, 6) is 0.880. The maximum Gasteiger partial charge on any atom is 0.250 e. The van der Waals surface area contributed by atoms with E-state index in [0.717, 1.165) is 11.3 Å². The molecule has 0 fully saturated rings. The molecule has 2 rings (SSSR count). The first-order chi connectivity index (χ1) is 6.68. The van der Waals surface area contributed by atoms with Crippen molar-refractivity contribution in [1.29, 1.82) is 0 Å². The SMILES string of the molecule is Cc1c[nH]cc1N(C)c1n[nH]c(N)n1. The molecule has 0 atom stereocenters. The summed E-state index contributed by atoms with van der Waals surface area (Å²) in [5, 5.41) is 6.56. The molecular weight excluding hydrogens is 180 g/mol. The Morgan fingerprint density at radius 1 is 1.43 bits per heavy atom. The lowest BCUT2D eigenvalue weighted by Gasteiger charge is -2.13. The van der Waals surface area contributed by atoms with E-state index in [2.05, 4.69) is 20.2 Å². The number of aromatic nitrogens is 4. The van der Waals surface area contributed by atoms with Gasteiger partial charge in [-0.3, -0.25) is 0 Å². The maximum atomic E-state index is 5.44. The zero-order valence-electron chi connectivity index (χ0n) is 8.07. The molecule has 6 heteroatoms. The number of H-pyrrole nitrogens is 2. The molecule has 2 aromatic heterocycles. The first kappa shape index (κ1) is 8.61. The number of nitrogen functional groups attached to an aromatic ring is 1. The molecular formula is C8H12N6. The Balaban J connectivity index is 2.33. The monoisotopic (exact) mass is 192 g/mol. The first-order valence-electron chi connectivity index (χ1n) is 4.23. The van der Waals surface area contributed by atoms with Gasteiger partial charge in [-0.2, -0.15) is 4.98 Å². The van der Waals surface area contributed by atoms with Crippen molar-refractivity contribution in [2.24, 2.45) is 0 Å². The number of rotatable bonds is 2. The first-order valence-corrected chi connectivity index (χ1v) is 4.23. The summed E-state index contributed by atoms with van der Waals surface area (Å²) < 4.78 is 0. The van der Waals surface area contributed by atoms with Crippen molar-refractivity contribution in [3.05, 3.63) is 18.0 Å². The number of anilines is 3. The Bertz CT molecular complexity index is 428. The molecule has 0 aliphatic heterocycles. The van der Waals surface area contributed by atoms with Gasteiger partial charge >= 0.3 is 0 Å². The van der Waals surface area contributed by atoms with Crippen LogP contribution in [0.2, 0.25) is 0 Å². The van der Waals surface area contributed by atoms with Crippen LogP contribution >= 0.6 is 0 Å². The van der Waals surface area contributed by atoms with Gasteiger partial charge in [0, 0.05) is 19.4 Å². The third-order valence-corrected chi connectivity index (χ3v) is 2.08. The Hall–Kier alpha value is -1.98. The number of nitrogens with two attached hydrogens (primary N) is 1. The van der Waals surface area contributed by atoms with Crippen LogP contribution < -0.4 is 10.6 Å². The van der Waals surface area contributed by atoms with E-state index in [1.165, 1.54) is 0 Å². The van der Waals surface area contributed by atoms with Crippen LogP contribution in [-0.4, -0.2) is 27.2 Å². The van der Waals surface area contributed by atoms with E-state index in [4.69, 9.17) is 5.73 Å². The number of nitrogens with one attached hydrogen (secondary N) is 2. The van der Waals surface area contributed by atoms with Crippen molar-refractivity contribution >= 4 is 17.6 Å². The van der Waals surface area contributed by atoms with Crippen LogP contribution in [-0.2, 0) is 0 Å². The molecule has 4 N–H and O–H groups in total. The van der Waals surface area contributed by atoms with Crippen molar-refractivity contribution < 1.29 is 0 Å². The minimum Gasteiger partial charge on any atom is -0.368 e. The van der Waals surface area contributed by atoms with Gasteiger partial charge in [0.05, 0.1) is 5.69 Å². The van der Waals surface area contributed by atoms with Gasteiger partial charge in [-0.1, -0.05) is 0 Å². The lowest BCUT2D eigenvalue weighted by Crippen LogP contribution is -2.11. The molecule has 0 bridgehead atoms. The minimum absolute atomic E-state index is 0.319. The van der Waals surface area contributed by atoms with Crippen molar-refractivity contribution in [1.82, 2.24) is 20.2 Å². The third kappa shape index (κ3) is 1.30. The molecule has 2 heterocycles. The van der Waals surface area contributed by atoms with Gasteiger partial charge < -0.3 is 15.6 Å². The van der Waals surface area contributed by atoms with Crippen LogP contribution in [0.3, 0.4) is 0 Å². The number of aryl methyl sites for hydroxylation is 1. The van der Waals surface area contributed by atoms with Crippen LogP contribution in [0.4, 0.5) is 17.6 Å². The van der Waals surface area contributed by atoms with Crippen LogP contribution in [0.25, 0.3) is 0 Å². The summed E-state index contributed by atoms with van der Waals surface area (Å²) in [6, 6.07) is 0. The van der Waals surface area contributed by atoms with Crippen LogP contribution in [0, 0.1) is 6.92 Å². The lowest BCUT2D eigenvalue weighted by molar-refractivity contribution is 1.03. The standard InChI is InChI=1S/C8H12N6/c1-5-3-10-4-6(5)14(2)8-11-7(9)12-13-8/h3-4,10H,1-2H3,(H3,9,11,12,13). The molecule has 0 spiro atoms. The molecule has 0 saturated heterocycles. The van der Waals surface area contributed by atoms with Gasteiger partial charge in [-0.25, -0.2) is 5.10 Å². The van der Waals surface area contributed by atoms with E-state index < -0.39 is 0 Å². The van der Waals surface area contributed by atoms with Crippen LogP contribution in [0.15, 0.2) is 12.4 Å². The smallest absolute Gasteiger partial charge is 0.250 e. The maximum absolute atomic E-state index is 5.44. The number of hydrogen-bond donors (Lipinski definition) is 3. The summed E-state index contributed by atoms with van der Waals surface area (Å²) in [7, 11) is 1.89. The van der Waals surface area contributed by atoms with E-state index in [-0.39, 0.29) is 0 Å². The third-order valence-electron chi connectivity index (χ3n) is 2.08. The predicted molar refractivity (Wildman–Crippen MR) is 54.4 cm³/mol. The molecule has 0 aromatic carbocycles. The van der Waals surface area contributed by atoms with E-state index in [1.54, 1.807) is 0 Å². The quantitative estimate of drug-likeness (QED) is 0.656. The van der Waals surface area contributed by atoms with E-state index in [0.29, 0.717) is 11.9 Å². The molecule has 2 aromatic rings. The number of nitrogens with zero attached hydrogens (tertiary/aromatic N) is 3. The molecule has 6 nitrogen and oxygen atoms in total. The van der Waals surface area contributed by atoms with Crippen LogP contribution in [0.1, 0.15) is 5.56 Å². The second-order valence-electron chi connectivity index (χ2n) is 3.10. The highest BCUT2D eigenvalue weighted by atomic mass is 15.4. The van der Waals surface area contributed by atoms with Crippen molar-refractivity contribution in [2.75, 3.05) is 17.7 Å². The lowest BCUT2D eigenvalue weighted by atomic mass is 10.3. The summed E-state index contributed by atoms with van der Waals surface area (Å²) in [4.78, 5) is 8.91. The second-order valence-corrected chi connectivity index (χ2v) is 3.10. The fraction of sp³-hybridized carbons (Fsp3) is 0.250. The highest BCUT2D eigenvalue weighted by Crippen LogP contribution is 2.23. The molecule has 0 aliphatic rings. The fourth-order valence-corrected chi connectivity index (χ4v) is 1.32.